The van der Waals surface area contributed by atoms with Crippen LogP contribution in [0, 0.1) is 23.2 Å². The van der Waals surface area contributed by atoms with Gasteiger partial charge in [0.05, 0.1) is 11.4 Å². The number of nitrogens with two attached hydrogens (primary N) is 1. The predicted octanol–water partition coefficient (Wildman–Crippen LogP) is 2.58. The smallest absolute Gasteiger partial charge is 0.238 e. The predicted molar refractivity (Wildman–Crippen MR) is 117 cm³/mol. The number of benzene rings is 1. The number of hydrogen-bond acceptors (Lipinski definition) is 4. The summed E-state index contributed by atoms with van der Waals surface area (Å²) in [6, 6.07) is 6.92. The molecule has 4 fully saturated rings. The maximum Gasteiger partial charge on any atom is 0.238 e. The number of amides is 1. The van der Waals surface area contributed by atoms with E-state index in [1.54, 1.807) is 12.1 Å². The Morgan fingerprint density at radius 3 is 2.17 bits per heavy atom. The third-order valence-corrected chi connectivity index (χ3v) is 8.66. The van der Waals surface area contributed by atoms with Crippen molar-refractivity contribution in [1.82, 2.24) is 10.6 Å². The molecule has 1 aromatic carbocycles. The topological polar surface area (TPSA) is 101 Å². The van der Waals surface area contributed by atoms with E-state index in [0.717, 1.165) is 29.7 Å². The van der Waals surface area contributed by atoms with Crippen LogP contribution in [0.25, 0.3) is 0 Å². The standard InChI is InChI=1S/C23H35N3O3S/c1-2-21(23-12-17-9-18(13-23)11-19(10-17)14-23)26-15-22(27)25-8-7-16-3-5-20(6-4-16)30(24,28)29/h3-6,17-19,21,26H,2,7-15H2,1H3,(H,25,27)(H2,24,28,29)/t17?,18?,19?,21-,23?/m1/s1. The van der Waals surface area contributed by atoms with E-state index in [0.29, 0.717) is 31.0 Å². The molecule has 30 heavy (non-hydrogen) atoms. The molecule has 4 saturated carbocycles. The lowest BCUT2D eigenvalue weighted by molar-refractivity contribution is -0.121. The van der Waals surface area contributed by atoms with E-state index < -0.39 is 10.0 Å². The number of primary sulfonamides is 1. The van der Waals surface area contributed by atoms with Crippen molar-refractivity contribution in [3.05, 3.63) is 29.8 Å². The Morgan fingerprint density at radius 1 is 1.10 bits per heavy atom. The van der Waals surface area contributed by atoms with Crippen molar-refractivity contribution in [3.63, 3.8) is 0 Å². The summed E-state index contributed by atoms with van der Waals surface area (Å²) in [5.41, 5.74) is 1.38. The van der Waals surface area contributed by atoms with Crippen molar-refractivity contribution in [3.8, 4) is 0 Å². The quantitative estimate of drug-likeness (QED) is 0.557. The summed E-state index contributed by atoms with van der Waals surface area (Å²) >= 11 is 0. The molecule has 5 rings (SSSR count). The SMILES string of the molecule is CC[C@@H](NCC(=O)NCCc1ccc(S(N)(=O)=O)cc1)C12CC3CC(CC(C3)C1)C2. The Kier molecular flexibility index (Phi) is 6.24. The van der Waals surface area contributed by atoms with Crippen LogP contribution in [-0.2, 0) is 21.2 Å². The highest BCUT2D eigenvalue weighted by atomic mass is 32.2. The minimum Gasteiger partial charge on any atom is -0.355 e. The average Bonchev–Trinajstić information content (AvgIpc) is 2.67. The minimum atomic E-state index is -3.67. The van der Waals surface area contributed by atoms with Crippen molar-refractivity contribution in [2.45, 2.75) is 69.2 Å². The van der Waals surface area contributed by atoms with Gasteiger partial charge in [0.1, 0.15) is 0 Å². The van der Waals surface area contributed by atoms with Crippen LogP contribution in [0.5, 0.6) is 0 Å². The van der Waals surface area contributed by atoms with E-state index in [1.165, 1.54) is 50.7 Å². The Morgan fingerprint density at radius 2 is 1.67 bits per heavy atom. The van der Waals surface area contributed by atoms with Crippen molar-refractivity contribution in [2.75, 3.05) is 13.1 Å². The highest BCUT2D eigenvalue weighted by Crippen LogP contribution is 2.61. The molecule has 0 saturated heterocycles. The Balaban J connectivity index is 1.23. The van der Waals surface area contributed by atoms with Gasteiger partial charge in [0.2, 0.25) is 15.9 Å². The molecule has 4 aliphatic rings. The first-order valence-corrected chi connectivity index (χ1v) is 12.9. The number of rotatable bonds is 9. The van der Waals surface area contributed by atoms with E-state index >= 15 is 0 Å². The third kappa shape index (κ3) is 4.73. The molecule has 1 aromatic rings. The Bertz CT molecular complexity index is 831. The van der Waals surface area contributed by atoms with Crippen LogP contribution in [0.4, 0.5) is 0 Å². The number of carbonyl (C=O) groups excluding carboxylic acids is 1. The minimum absolute atomic E-state index is 0.0272. The highest BCUT2D eigenvalue weighted by Gasteiger charge is 2.53. The molecule has 0 radical (unpaired) electrons. The van der Waals surface area contributed by atoms with Crippen LogP contribution in [0.15, 0.2) is 29.2 Å². The van der Waals surface area contributed by atoms with Crippen LogP contribution in [0.3, 0.4) is 0 Å². The monoisotopic (exact) mass is 433 g/mol. The zero-order valence-corrected chi connectivity index (χ0v) is 18.7. The number of carbonyl (C=O) groups is 1. The number of sulfonamides is 1. The van der Waals surface area contributed by atoms with E-state index in [-0.39, 0.29) is 10.8 Å². The van der Waals surface area contributed by atoms with Gasteiger partial charge in [0.25, 0.3) is 0 Å². The van der Waals surface area contributed by atoms with Gasteiger partial charge in [-0.1, -0.05) is 19.1 Å². The zero-order chi connectivity index (χ0) is 21.4. The van der Waals surface area contributed by atoms with E-state index in [9.17, 15) is 13.2 Å². The lowest BCUT2D eigenvalue weighted by atomic mass is 9.47. The first-order chi connectivity index (χ1) is 14.3. The molecule has 0 spiro atoms. The molecule has 4 aliphatic carbocycles. The molecular weight excluding hydrogens is 398 g/mol. The molecule has 4 N–H and O–H groups in total. The largest absolute Gasteiger partial charge is 0.355 e. The normalized spacial score (nSPS) is 30.9. The van der Waals surface area contributed by atoms with Gasteiger partial charge in [-0.2, -0.15) is 0 Å². The van der Waals surface area contributed by atoms with Crippen molar-refractivity contribution < 1.29 is 13.2 Å². The van der Waals surface area contributed by atoms with Gasteiger partial charge in [-0.05, 0) is 92.2 Å². The molecule has 7 heteroatoms. The van der Waals surface area contributed by atoms with E-state index in [2.05, 4.69) is 17.6 Å². The third-order valence-electron chi connectivity index (χ3n) is 7.73. The lowest BCUT2D eigenvalue weighted by Crippen LogP contribution is -2.56. The maximum absolute atomic E-state index is 12.4. The fourth-order valence-electron chi connectivity index (χ4n) is 6.87. The summed E-state index contributed by atoms with van der Waals surface area (Å²) in [5.74, 6) is 2.78. The first-order valence-electron chi connectivity index (χ1n) is 11.4. The summed E-state index contributed by atoms with van der Waals surface area (Å²) in [7, 11) is -3.67. The van der Waals surface area contributed by atoms with Gasteiger partial charge in [-0.25, -0.2) is 13.6 Å². The van der Waals surface area contributed by atoms with E-state index in [4.69, 9.17) is 5.14 Å². The molecule has 1 amide bonds. The second-order valence-electron chi connectivity index (χ2n) is 9.91. The summed E-state index contributed by atoms with van der Waals surface area (Å²) in [6.07, 6.45) is 10.1. The molecule has 0 unspecified atom stereocenters. The fourth-order valence-corrected chi connectivity index (χ4v) is 7.38. The molecule has 6 nitrogen and oxygen atoms in total. The van der Waals surface area contributed by atoms with Gasteiger partial charge >= 0.3 is 0 Å². The van der Waals surface area contributed by atoms with Gasteiger partial charge in [0.15, 0.2) is 0 Å². The molecule has 4 bridgehead atoms. The van der Waals surface area contributed by atoms with E-state index in [1.807, 2.05) is 0 Å². The second-order valence-corrected chi connectivity index (χ2v) is 11.5. The van der Waals surface area contributed by atoms with Crippen molar-refractivity contribution >= 4 is 15.9 Å². The molecule has 1 atom stereocenters. The van der Waals surface area contributed by atoms with Crippen molar-refractivity contribution in [2.24, 2.45) is 28.3 Å². The van der Waals surface area contributed by atoms with Gasteiger partial charge in [-0.15, -0.1) is 0 Å². The zero-order valence-electron chi connectivity index (χ0n) is 17.9. The van der Waals surface area contributed by atoms with Crippen molar-refractivity contribution in [1.29, 1.82) is 0 Å². The lowest BCUT2D eigenvalue weighted by Gasteiger charge is -2.59. The second kappa shape index (κ2) is 8.60. The number of nitrogens with one attached hydrogen (secondary N) is 2. The van der Waals surface area contributed by atoms with Crippen LogP contribution >= 0.6 is 0 Å². The summed E-state index contributed by atoms with van der Waals surface area (Å²) in [6.45, 7) is 3.15. The first kappa shape index (κ1) is 21.8. The molecule has 0 aliphatic heterocycles. The van der Waals surface area contributed by atoms with Gasteiger partial charge < -0.3 is 10.6 Å². The summed E-state index contributed by atoms with van der Waals surface area (Å²) in [4.78, 5) is 12.5. The van der Waals surface area contributed by atoms with Crippen LogP contribution in [-0.4, -0.2) is 33.5 Å². The molecule has 0 aromatic heterocycles. The average molecular weight is 434 g/mol. The maximum atomic E-state index is 12.4. The Labute approximate surface area is 180 Å². The molecular formula is C23H35N3O3S. The highest BCUT2D eigenvalue weighted by molar-refractivity contribution is 7.89. The molecule has 166 valence electrons. The molecule has 0 heterocycles. The number of hydrogen-bond donors (Lipinski definition) is 3. The van der Waals surface area contributed by atoms with Gasteiger partial charge in [0, 0.05) is 12.6 Å². The van der Waals surface area contributed by atoms with Crippen LogP contribution in [0.2, 0.25) is 0 Å². The van der Waals surface area contributed by atoms with Crippen LogP contribution < -0.4 is 15.8 Å². The van der Waals surface area contributed by atoms with Crippen LogP contribution in [0.1, 0.15) is 57.4 Å². The summed E-state index contributed by atoms with van der Waals surface area (Å²) < 4.78 is 22.6. The Hall–Kier alpha value is -1.44. The van der Waals surface area contributed by atoms with Gasteiger partial charge in [-0.3, -0.25) is 4.79 Å². The fraction of sp³-hybridized carbons (Fsp3) is 0.696. The summed E-state index contributed by atoms with van der Waals surface area (Å²) in [5, 5.41) is 11.7.